The Hall–Kier alpha value is -3.45. The van der Waals surface area contributed by atoms with Crippen LogP contribution < -0.4 is 16.8 Å². The van der Waals surface area contributed by atoms with Gasteiger partial charge < -0.3 is 21.4 Å². The second-order valence-electron chi connectivity index (χ2n) is 8.42. The molecule has 5 N–H and O–H groups in total. The Morgan fingerprint density at radius 2 is 1.82 bits per heavy atom. The van der Waals surface area contributed by atoms with E-state index in [1.165, 1.54) is 0 Å². The summed E-state index contributed by atoms with van der Waals surface area (Å²) in [7, 11) is 0. The highest BCUT2D eigenvalue weighted by atomic mass is 16.1. The minimum Gasteiger partial charge on any atom is -0.382 e. The lowest BCUT2D eigenvalue weighted by atomic mass is 10.1. The molecule has 0 unspecified atom stereocenters. The van der Waals surface area contributed by atoms with Crippen LogP contribution in [0.1, 0.15) is 50.4 Å². The Balaban J connectivity index is 1.64. The molecule has 172 valence electrons. The fraction of sp³-hybridized carbons (Fsp3) is 0.346. The summed E-state index contributed by atoms with van der Waals surface area (Å²) >= 11 is 0. The zero-order valence-electron chi connectivity index (χ0n) is 19.2. The second kappa shape index (κ2) is 10.4. The molecule has 2 heterocycles. The summed E-state index contributed by atoms with van der Waals surface area (Å²) in [6.45, 7) is 3.47. The molecule has 33 heavy (non-hydrogen) atoms. The van der Waals surface area contributed by atoms with Crippen LogP contribution in [0.15, 0.2) is 48.5 Å². The molecule has 0 fully saturated rings. The summed E-state index contributed by atoms with van der Waals surface area (Å²) < 4.78 is 2.27. The van der Waals surface area contributed by atoms with Gasteiger partial charge in [0.05, 0.1) is 11.0 Å². The number of unbranched alkanes of at least 4 members (excludes halogenated alkanes) is 2. The number of carbonyl (C=O) groups is 1. The summed E-state index contributed by atoms with van der Waals surface area (Å²) in [5.74, 6) is 1.51. The molecular formula is C26H32N6O. The number of hydrogen-bond acceptors (Lipinski definition) is 5. The summed E-state index contributed by atoms with van der Waals surface area (Å²) in [5.41, 5.74) is 16.4. The predicted molar refractivity (Wildman–Crippen MR) is 135 cm³/mol. The normalized spacial score (nSPS) is 11.3. The van der Waals surface area contributed by atoms with E-state index in [9.17, 15) is 4.79 Å². The zero-order valence-corrected chi connectivity index (χ0v) is 19.2. The molecule has 4 rings (SSSR count). The first kappa shape index (κ1) is 22.7. The van der Waals surface area contributed by atoms with Crippen molar-refractivity contribution in [2.24, 2.45) is 5.73 Å². The Morgan fingerprint density at radius 3 is 2.58 bits per heavy atom. The molecule has 4 aromatic rings. The molecule has 0 radical (unpaired) electrons. The largest absolute Gasteiger partial charge is 0.382 e. The Kier molecular flexibility index (Phi) is 7.19. The highest BCUT2D eigenvalue weighted by Gasteiger charge is 2.17. The molecule has 1 amide bonds. The van der Waals surface area contributed by atoms with Crippen LogP contribution in [0.3, 0.4) is 0 Å². The number of para-hydroxylation sites is 1. The molecule has 0 bridgehead atoms. The Bertz CT molecular complexity index is 1250. The van der Waals surface area contributed by atoms with Crippen molar-refractivity contribution < 1.29 is 4.79 Å². The van der Waals surface area contributed by atoms with Crippen molar-refractivity contribution in [3.8, 4) is 0 Å². The number of aryl methyl sites for hydroxylation is 1. The third-order valence-electron chi connectivity index (χ3n) is 5.88. The van der Waals surface area contributed by atoms with E-state index < -0.39 is 0 Å². The van der Waals surface area contributed by atoms with Gasteiger partial charge in [-0.3, -0.25) is 4.79 Å². The fourth-order valence-electron chi connectivity index (χ4n) is 4.13. The number of carbonyl (C=O) groups excluding carboxylic acids is 1. The highest BCUT2D eigenvalue weighted by molar-refractivity contribution is 6.06. The first-order valence-electron chi connectivity index (χ1n) is 11.7. The molecular weight excluding hydrogens is 412 g/mol. The molecule has 0 aliphatic rings. The number of nitrogens with one attached hydrogen (secondary N) is 1. The van der Waals surface area contributed by atoms with E-state index in [0.29, 0.717) is 25.3 Å². The number of nitrogens with two attached hydrogens (primary N) is 2. The van der Waals surface area contributed by atoms with Crippen LogP contribution in [-0.4, -0.2) is 27.0 Å². The minimum absolute atomic E-state index is 0.0214. The molecule has 2 aromatic heterocycles. The van der Waals surface area contributed by atoms with Crippen molar-refractivity contribution in [3.63, 3.8) is 0 Å². The van der Waals surface area contributed by atoms with Gasteiger partial charge in [0, 0.05) is 30.5 Å². The lowest BCUT2D eigenvalue weighted by Crippen LogP contribution is -2.12. The standard InChI is InChI=1S/C26H32N6O/c1-2-3-10-22-31-24-25(20-8-4-5-9-21(20)30-26(24)28)32(22)17-18-12-14-19(15-13-18)29-23(33)11-6-7-16-27/h4-5,8-9,12-15H,2-3,6-7,10-11,16-17,27H2,1H3,(H2,28,30)(H,29,33). The number of pyridine rings is 1. The van der Waals surface area contributed by atoms with Crippen molar-refractivity contribution >= 4 is 39.3 Å². The van der Waals surface area contributed by atoms with Gasteiger partial charge in [0.1, 0.15) is 11.3 Å². The maximum Gasteiger partial charge on any atom is 0.224 e. The van der Waals surface area contributed by atoms with Crippen LogP contribution in [0.25, 0.3) is 21.9 Å². The number of anilines is 2. The highest BCUT2D eigenvalue weighted by Crippen LogP contribution is 2.30. The van der Waals surface area contributed by atoms with E-state index in [1.54, 1.807) is 0 Å². The molecule has 0 spiro atoms. The summed E-state index contributed by atoms with van der Waals surface area (Å²) in [4.78, 5) is 21.6. The number of aromatic nitrogens is 3. The van der Waals surface area contributed by atoms with Gasteiger partial charge >= 0.3 is 0 Å². The van der Waals surface area contributed by atoms with Crippen molar-refractivity contribution in [2.45, 2.75) is 52.0 Å². The van der Waals surface area contributed by atoms with Gasteiger partial charge in [0.15, 0.2) is 5.82 Å². The third-order valence-corrected chi connectivity index (χ3v) is 5.88. The zero-order chi connectivity index (χ0) is 23.2. The van der Waals surface area contributed by atoms with Crippen molar-refractivity contribution in [1.82, 2.24) is 14.5 Å². The van der Waals surface area contributed by atoms with Gasteiger partial charge in [-0.2, -0.15) is 0 Å². The number of nitrogen functional groups attached to an aromatic ring is 1. The van der Waals surface area contributed by atoms with Gasteiger partial charge in [-0.1, -0.05) is 43.7 Å². The van der Waals surface area contributed by atoms with Crippen molar-refractivity contribution in [1.29, 1.82) is 0 Å². The van der Waals surface area contributed by atoms with Gasteiger partial charge in [-0.15, -0.1) is 0 Å². The monoisotopic (exact) mass is 444 g/mol. The van der Waals surface area contributed by atoms with Crippen molar-refractivity contribution in [2.75, 3.05) is 17.6 Å². The maximum atomic E-state index is 12.1. The first-order valence-corrected chi connectivity index (χ1v) is 11.7. The van der Waals surface area contributed by atoms with E-state index in [4.69, 9.17) is 16.5 Å². The second-order valence-corrected chi connectivity index (χ2v) is 8.42. The van der Waals surface area contributed by atoms with Crippen LogP contribution in [0.4, 0.5) is 11.5 Å². The Morgan fingerprint density at radius 1 is 1.03 bits per heavy atom. The number of nitrogens with zero attached hydrogens (tertiary/aromatic N) is 3. The van der Waals surface area contributed by atoms with Crippen molar-refractivity contribution in [3.05, 3.63) is 59.9 Å². The lowest BCUT2D eigenvalue weighted by Gasteiger charge is -2.12. The van der Waals surface area contributed by atoms with E-state index in [0.717, 1.165) is 71.1 Å². The molecule has 2 aromatic carbocycles. The fourth-order valence-corrected chi connectivity index (χ4v) is 4.13. The van der Waals surface area contributed by atoms with Gasteiger partial charge in [0.2, 0.25) is 5.91 Å². The first-order chi connectivity index (χ1) is 16.1. The molecule has 0 aliphatic heterocycles. The molecule has 0 aliphatic carbocycles. The predicted octanol–water partition coefficient (Wildman–Crippen LogP) is 4.63. The number of hydrogen-bond donors (Lipinski definition) is 3. The topological polar surface area (TPSA) is 112 Å². The molecule has 0 saturated carbocycles. The van der Waals surface area contributed by atoms with Crippen LogP contribution in [0, 0.1) is 0 Å². The molecule has 7 nitrogen and oxygen atoms in total. The van der Waals surface area contributed by atoms with Crippen LogP contribution in [0.2, 0.25) is 0 Å². The van der Waals surface area contributed by atoms with Crippen LogP contribution in [-0.2, 0) is 17.8 Å². The molecule has 0 saturated heterocycles. The smallest absolute Gasteiger partial charge is 0.224 e. The van der Waals surface area contributed by atoms with Crippen LogP contribution in [0.5, 0.6) is 0 Å². The quantitative estimate of drug-likeness (QED) is 0.309. The molecule has 0 atom stereocenters. The maximum absolute atomic E-state index is 12.1. The van der Waals surface area contributed by atoms with Gasteiger partial charge in [-0.25, -0.2) is 9.97 Å². The van der Waals surface area contributed by atoms with E-state index >= 15 is 0 Å². The third kappa shape index (κ3) is 5.14. The van der Waals surface area contributed by atoms with E-state index in [2.05, 4.69) is 40.0 Å². The van der Waals surface area contributed by atoms with Crippen LogP contribution >= 0.6 is 0 Å². The number of imidazole rings is 1. The summed E-state index contributed by atoms with van der Waals surface area (Å²) in [5, 5.41) is 4.02. The van der Waals surface area contributed by atoms with Gasteiger partial charge in [-0.05, 0) is 49.6 Å². The van der Waals surface area contributed by atoms with Gasteiger partial charge in [0.25, 0.3) is 0 Å². The minimum atomic E-state index is 0.0214. The SMILES string of the molecule is CCCCc1nc2c(N)nc3ccccc3c2n1Cc1ccc(NC(=O)CCCCN)cc1. The number of fused-ring (bicyclic) bond motifs is 3. The summed E-state index contributed by atoms with van der Waals surface area (Å²) in [6.07, 6.45) is 5.20. The lowest BCUT2D eigenvalue weighted by molar-refractivity contribution is -0.116. The Labute approximate surface area is 194 Å². The van der Waals surface area contributed by atoms with E-state index in [-0.39, 0.29) is 5.91 Å². The average Bonchev–Trinajstić information content (AvgIpc) is 3.18. The average molecular weight is 445 g/mol. The number of rotatable bonds is 10. The van der Waals surface area contributed by atoms with E-state index in [1.807, 2.05) is 30.3 Å². The number of amides is 1. The number of benzene rings is 2. The summed E-state index contributed by atoms with van der Waals surface area (Å²) in [6, 6.07) is 16.1. The molecule has 7 heteroatoms.